The number of ether oxygens (including phenoxy) is 1. The van der Waals surface area contributed by atoms with Gasteiger partial charge in [-0.15, -0.1) is 0 Å². The highest BCUT2D eigenvalue weighted by Gasteiger charge is 2.42. The van der Waals surface area contributed by atoms with Gasteiger partial charge < -0.3 is 20.3 Å². The zero-order valence-electron chi connectivity index (χ0n) is 13.8. The summed E-state index contributed by atoms with van der Waals surface area (Å²) < 4.78 is 20.2. The molecule has 1 saturated heterocycles. The third kappa shape index (κ3) is 3.80. The Morgan fingerprint density at radius 3 is 2.71 bits per heavy atom. The van der Waals surface area contributed by atoms with Crippen LogP contribution in [0.4, 0.5) is 10.2 Å². The number of hydrogen-bond donors (Lipinski definition) is 3. The van der Waals surface area contributed by atoms with Crippen molar-refractivity contribution >= 4 is 11.7 Å². The van der Waals surface area contributed by atoms with Crippen molar-refractivity contribution in [2.45, 2.75) is 58.2 Å². The molecule has 134 valence electrons. The van der Waals surface area contributed by atoms with Crippen molar-refractivity contribution in [2.24, 2.45) is 5.92 Å². The molecular formula is C15H22FN3O5. The molecular weight excluding hydrogens is 321 g/mol. The molecule has 0 aliphatic carbocycles. The van der Waals surface area contributed by atoms with E-state index in [0.29, 0.717) is 0 Å². The van der Waals surface area contributed by atoms with Gasteiger partial charge in [0.2, 0.25) is 5.91 Å². The highest BCUT2D eigenvalue weighted by atomic mass is 19.1. The zero-order chi connectivity index (χ0) is 18.0. The average molecular weight is 343 g/mol. The summed E-state index contributed by atoms with van der Waals surface area (Å²) in [6.07, 6.45) is -2.75. The lowest BCUT2D eigenvalue weighted by atomic mass is 10.1. The summed E-state index contributed by atoms with van der Waals surface area (Å²) in [5.74, 6) is -1.71. The molecule has 5 atom stereocenters. The van der Waals surface area contributed by atoms with E-state index in [2.05, 4.69) is 10.3 Å². The Hall–Kier alpha value is -1.84. The number of carbonyl (C=O) groups is 1. The number of aromatic nitrogens is 2. The minimum absolute atomic E-state index is 0.124. The summed E-state index contributed by atoms with van der Waals surface area (Å²) in [6, 6.07) is 0. The standard InChI is InChI=1S/C15H22FN3O5/c1-4-7(2)5-10(20)17-13-9(16)6-19(15(23)18-13)14-12(22)11(21)8(3)24-14/h6-8,11-12,14,21-22H,4-5H2,1-3H3,(H,17,18,20,23)/t7?,8-,11-,12-,14-/m1/s1. The summed E-state index contributed by atoms with van der Waals surface area (Å²) in [5, 5.41) is 21.8. The van der Waals surface area contributed by atoms with E-state index in [1.165, 1.54) is 6.92 Å². The van der Waals surface area contributed by atoms with Gasteiger partial charge in [0.25, 0.3) is 0 Å². The summed E-state index contributed by atoms with van der Waals surface area (Å²) in [6.45, 7) is 5.33. The average Bonchev–Trinajstić information content (AvgIpc) is 2.77. The van der Waals surface area contributed by atoms with Crippen LogP contribution in [0.15, 0.2) is 11.0 Å². The number of nitrogens with zero attached hydrogens (tertiary/aromatic N) is 2. The van der Waals surface area contributed by atoms with Gasteiger partial charge in [-0.05, 0) is 12.8 Å². The molecule has 9 heteroatoms. The molecule has 1 aliphatic rings. The quantitative estimate of drug-likeness (QED) is 0.713. The Morgan fingerprint density at radius 1 is 1.50 bits per heavy atom. The molecule has 2 rings (SSSR count). The molecule has 1 fully saturated rings. The second-order valence-corrected chi connectivity index (χ2v) is 6.11. The number of nitrogens with one attached hydrogen (secondary N) is 1. The summed E-state index contributed by atoms with van der Waals surface area (Å²) in [4.78, 5) is 27.4. The van der Waals surface area contributed by atoms with Crippen LogP contribution in [-0.4, -0.2) is 44.0 Å². The first-order valence-electron chi connectivity index (χ1n) is 7.84. The van der Waals surface area contributed by atoms with Crippen molar-refractivity contribution in [1.82, 2.24) is 9.55 Å². The van der Waals surface area contributed by atoms with E-state index in [9.17, 15) is 24.2 Å². The maximum atomic E-state index is 14.1. The Bertz CT molecular complexity index is 665. The third-order valence-electron chi connectivity index (χ3n) is 4.15. The van der Waals surface area contributed by atoms with E-state index in [4.69, 9.17) is 4.74 Å². The van der Waals surface area contributed by atoms with Gasteiger partial charge in [0.1, 0.15) is 12.2 Å². The molecule has 24 heavy (non-hydrogen) atoms. The first kappa shape index (κ1) is 18.5. The van der Waals surface area contributed by atoms with E-state index in [1.54, 1.807) is 0 Å². The Balaban J connectivity index is 2.20. The molecule has 1 aromatic rings. The second-order valence-electron chi connectivity index (χ2n) is 6.11. The van der Waals surface area contributed by atoms with Gasteiger partial charge in [0.15, 0.2) is 17.9 Å². The lowest BCUT2D eigenvalue weighted by molar-refractivity contribution is -0.117. The van der Waals surface area contributed by atoms with Gasteiger partial charge in [0, 0.05) is 6.42 Å². The fourth-order valence-electron chi connectivity index (χ4n) is 2.42. The van der Waals surface area contributed by atoms with E-state index >= 15 is 0 Å². The molecule has 2 heterocycles. The number of anilines is 1. The van der Waals surface area contributed by atoms with Crippen molar-refractivity contribution in [3.63, 3.8) is 0 Å². The molecule has 0 spiro atoms. The van der Waals surface area contributed by atoms with Crippen LogP contribution in [0.2, 0.25) is 0 Å². The number of aliphatic hydroxyl groups is 2. The predicted octanol–water partition coefficient (Wildman–Crippen LogP) is 0.396. The SMILES string of the molecule is CCC(C)CC(=O)Nc1nc(=O)n([C@@H]2O[C@H](C)[C@@H](O)[C@H]2O)cc1F. The predicted molar refractivity (Wildman–Crippen MR) is 82.8 cm³/mol. The monoisotopic (exact) mass is 343 g/mol. The Kier molecular flexibility index (Phi) is 5.68. The smallest absolute Gasteiger partial charge is 0.351 e. The number of amides is 1. The van der Waals surface area contributed by atoms with Gasteiger partial charge >= 0.3 is 5.69 Å². The van der Waals surface area contributed by atoms with Crippen molar-refractivity contribution in [3.8, 4) is 0 Å². The van der Waals surface area contributed by atoms with Crippen molar-refractivity contribution in [2.75, 3.05) is 5.32 Å². The first-order chi connectivity index (χ1) is 11.2. The molecule has 0 aromatic carbocycles. The molecule has 0 saturated carbocycles. The molecule has 1 aliphatic heterocycles. The number of hydrogen-bond acceptors (Lipinski definition) is 6. The maximum absolute atomic E-state index is 14.1. The van der Waals surface area contributed by atoms with Crippen LogP contribution in [0, 0.1) is 11.7 Å². The van der Waals surface area contributed by atoms with Crippen LogP contribution in [-0.2, 0) is 9.53 Å². The van der Waals surface area contributed by atoms with E-state index in [-0.39, 0.29) is 12.3 Å². The van der Waals surface area contributed by atoms with Crippen LogP contribution in [0.3, 0.4) is 0 Å². The van der Waals surface area contributed by atoms with Gasteiger partial charge in [-0.3, -0.25) is 9.36 Å². The van der Waals surface area contributed by atoms with E-state index in [1.807, 2.05) is 13.8 Å². The minimum Gasteiger partial charge on any atom is -0.388 e. The van der Waals surface area contributed by atoms with Gasteiger partial charge in [-0.1, -0.05) is 20.3 Å². The van der Waals surface area contributed by atoms with Gasteiger partial charge in [0.05, 0.1) is 12.3 Å². The molecule has 8 nitrogen and oxygen atoms in total. The fraction of sp³-hybridized carbons (Fsp3) is 0.667. The van der Waals surface area contributed by atoms with Crippen LogP contribution in [0.1, 0.15) is 39.8 Å². The highest BCUT2D eigenvalue weighted by Crippen LogP contribution is 2.28. The number of aliphatic hydroxyl groups excluding tert-OH is 2. The molecule has 1 aromatic heterocycles. The summed E-state index contributed by atoms with van der Waals surface area (Å²) in [7, 11) is 0. The van der Waals surface area contributed by atoms with E-state index < -0.39 is 47.8 Å². The van der Waals surface area contributed by atoms with Gasteiger partial charge in [-0.2, -0.15) is 4.98 Å². The summed E-state index contributed by atoms with van der Waals surface area (Å²) in [5.41, 5.74) is -0.902. The molecule has 0 bridgehead atoms. The Morgan fingerprint density at radius 2 is 2.17 bits per heavy atom. The van der Waals surface area contributed by atoms with Crippen LogP contribution in [0.5, 0.6) is 0 Å². The third-order valence-corrected chi connectivity index (χ3v) is 4.15. The molecule has 0 radical (unpaired) electrons. The van der Waals surface area contributed by atoms with E-state index in [0.717, 1.165) is 17.2 Å². The fourth-order valence-corrected chi connectivity index (χ4v) is 2.42. The molecule has 1 unspecified atom stereocenters. The van der Waals surface area contributed by atoms with Gasteiger partial charge in [-0.25, -0.2) is 9.18 Å². The maximum Gasteiger partial charge on any atom is 0.351 e. The first-order valence-corrected chi connectivity index (χ1v) is 7.84. The van der Waals surface area contributed by atoms with Crippen LogP contribution >= 0.6 is 0 Å². The molecule has 1 amide bonds. The Labute approximate surface area is 138 Å². The van der Waals surface area contributed by atoms with Crippen LogP contribution < -0.4 is 11.0 Å². The van der Waals surface area contributed by atoms with Crippen molar-refractivity contribution in [1.29, 1.82) is 0 Å². The minimum atomic E-state index is -1.38. The number of rotatable bonds is 5. The topological polar surface area (TPSA) is 114 Å². The normalized spacial score (nSPS) is 27.9. The summed E-state index contributed by atoms with van der Waals surface area (Å²) >= 11 is 0. The number of halogens is 1. The van der Waals surface area contributed by atoms with Crippen molar-refractivity contribution in [3.05, 3.63) is 22.5 Å². The lowest BCUT2D eigenvalue weighted by Gasteiger charge is -2.18. The van der Waals surface area contributed by atoms with Crippen LogP contribution in [0.25, 0.3) is 0 Å². The second kappa shape index (κ2) is 7.37. The molecule has 3 N–H and O–H groups in total. The highest BCUT2D eigenvalue weighted by molar-refractivity contribution is 5.89. The largest absolute Gasteiger partial charge is 0.388 e. The lowest BCUT2D eigenvalue weighted by Crippen LogP contribution is -2.36. The number of carbonyl (C=O) groups excluding carboxylic acids is 1. The zero-order valence-corrected chi connectivity index (χ0v) is 13.8. The van der Waals surface area contributed by atoms with Crippen molar-refractivity contribution < 1.29 is 24.1 Å².